The lowest BCUT2D eigenvalue weighted by Crippen LogP contribution is -2.49. The highest BCUT2D eigenvalue weighted by Crippen LogP contribution is 2.37. The van der Waals surface area contributed by atoms with Gasteiger partial charge in [-0.2, -0.15) is 0 Å². The zero-order valence-electron chi connectivity index (χ0n) is 16.9. The number of thiophene rings is 1. The van der Waals surface area contributed by atoms with E-state index in [-0.39, 0.29) is 17.4 Å². The zero-order valence-corrected chi connectivity index (χ0v) is 17.7. The Hall–Kier alpha value is -3.25. The van der Waals surface area contributed by atoms with Gasteiger partial charge in [0.2, 0.25) is 0 Å². The molecule has 5 heterocycles. The molecule has 1 aromatic carbocycles. The van der Waals surface area contributed by atoms with Crippen molar-refractivity contribution < 1.29 is 4.79 Å². The Kier molecular flexibility index (Phi) is 4.28. The van der Waals surface area contributed by atoms with Crippen molar-refractivity contribution in [3.05, 3.63) is 88.6 Å². The van der Waals surface area contributed by atoms with E-state index in [1.165, 1.54) is 10.1 Å². The van der Waals surface area contributed by atoms with Gasteiger partial charge in [0.05, 0.1) is 5.56 Å². The Morgan fingerprint density at radius 1 is 1.00 bits per heavy atom. The monoisotopic (exact) mass is 427 g/mol. The second-order valence-corrected chi connectivity index (χ2v) is 9.56. The number of carbonyl (C=O) groups excluding carboxylic acids is 1. The summed E-state index contributed by atoms with van der Waals surface area (Å²) in [4.78, 5) is 33.4. The van der Waals surface area contributed by atoms with Crippen molar-refractivity contribution in [3.8, 4) is 10.4 Å². The molecule has 3 aromatic heterocycles. The van der Waals surface area contributed by atoms with Crippen molar-refractivity contribution >= 4 is 27.3 Å². The van der Waals surface area contributed by atoms with Gasteiger partial charge in [-0.15, -0.1) is 11.3 Å². The van der Waals surface area contributed by atoms with E-state index in [9.17, 15) is 9.59 Å². The summed E-state index contributed by atoms with van der Waals surface area (Å²) in [6, 6.07) is 18.0. The molecule has 0 radical (unpaired) electrons. The summed E-state index contributed by atoms with van der Waals surface area (Å²) in [5.74, 6) is 0.546. The lowest BCUT2D eigenvalue weighted by molar-refractivity contribution is 0.0594. The molecule has 6 heteroatoms. The van der Waals surface area contributed by atoms with E-state index in [0.29, 0.717) is 31.1 Å². The van der Waals surface area contributed by atoms with E-state index in [2.05, 4.69) is 29.2 Å². The first kappa shape index (κ1) is 18.5. The van der Waals surface area contributed by atoms with Crippen LogP contribution in [0.25, 0.3) is 20.5 Å². The predicted molar refractivity (Wildman–Crippen MR) is 123 cm³/mol. The lowest BCUT2D eigenvalue weighted by atomic mass is 9.82. The van der Waals surface area contributed by atoms with Gasteiger partial charge in [0.25, 0.3) is 11.5 Å². The maximum atomic E-state index is 13.4. The molecule has 2 atom stereocenters. The number of nitrogens with zero attached hydrogens (tertiary/aromatic N) is 3. The van der Waals surface area contributed by atoms with Gasteiger partial charge in [0.1, 0.15) is 0 Å². The van der Waals surface area contributed by atoms with Crippen molar-refractivity contribution in [2.45, 2.75) is 18.9 Å². The average molecular weight is 428 g/mol. The van der Waals surface area contributed by atoms with Gasteiger partial charge in [-0.1, -0.05) is 18.2 Å². The van der Waals surface area contributed by atoms with Crippen LogP contribution in [0.4, 0.5) is 0 Å². The molecule has 4 aromatic rings. The zero-order chi connectivity index (χ0) is 20.9. The number of fused-ring (bicyclic) bond motifs is 5. The van der Waals surface area contributed by atoms with Gasteiger partial charge < -0.3 is 9.47 Å². The second-order valence-electron chi connectivity index (χ2n) is 8.48. The Bertz CT molecular complexity index is 1330. The third-order valence-corrected chi connectivity index (χ3v) is 7.66. The van der Waals surface area contributed by atoms with Crippen LogP contribution in [0.5, 0.6) is 0 Å². The Morgan fingerprint density at radius 2 is 1.84 bits per heavy atom. The molecule has 2 aliphatic rings. The van der Waals surface area contributed by atoms with E-state index in [1.54, 1.807) is 35.9 Å². The molecule has 154 valence electrons. The van der Waals surface area contributed by atoms with Crippen molar-refractivity contribution in [1.82, 2.24) is 14.5 Å². The normalized spacial score (nSPS) is 19.9. The molecule has 1 fully saturated rings. The van der Waals surface area contributed by atoms with Crippen LogP contribution >= 0.6 is 11.3 Å². The molecular weight excluding hydrogens is 406 g/mol. The molecule has 0 N–H and O–H groups in total. The van der Waals surface area contributed by atoms with E-state index in [4.69, 9.17) is 0 Å². The number of piperidine rings is 1. The Labute approximate surface area is 183 Å². The molecule has 2 bridgehead atoms. The number of amides is 1. The maximum Gasteiger partial charge on any atom is 0.259 e. The molecule has 2 aliphatic heterocycles. The van der Waals surface area contributed by atoms with Gasteiger partial charge in [0.15, 0.2) is 0 Å². The van der Waals surface area contributed by atoms with E-state index >= 15 is 0 Å². The minimum atomic E-state index is 0.0507. The van der Waals surface area contributed by atoms with E-state index < -0.39 is 0 Å². The number of hydrogen-bond donors (Lipinski definition) is 0. The number of carbonyl (C=O) groups is 1. The fraction of sp³-hybridized carbons (Fsp3) is 0.240. The molecule has 1 saturated heterocycles. The highest BCUT2D eigenvalue weighted by atomic mass is 32.1. The third-order valence-electron chi connectivity index (χ3n) is 6.51. The summed E-state index contributed by atoms with van der Waals surface area (Å²) in [5, 5.41) is 1.17. The smallest absolute Gasteiger partial charge is 0.259 e. The molecule has 5 nitrogen and oxygen atoms in total. The van der Waals surface area contributed by atoms with Crippen molar-refractivity contribution in [2.75, 3.05) is 13.1 Å². The standard InChI is InChI=1S/C25H21N3O2S/c29-24(17-7-9-26-10-8-17)27-13-16-11-19(15-27)21-6-5-20(25(30)28(21)14-16)23-12-18-3-1-2-4-22(18)31-23/h1-10,12,16,19H,11,13-15H2/t16-,19-/m1/s1. The number of benzene rings is 1. The fourth-order valence-electron chi connectivity index (χ4n) is 5.09. The first-order valence-corrected chi connectivity index (χ1v) is 11.4. The summed E-state index contributed by atoms with van der Waals surface area (Å²) < 4.78 is 3.16. The average Bonchev–Trinajstić information content (AvgIpc) is 3.24. The molecule has 1 amide bonds. The topological polar surface area (TPSA) is 55.2 Å². The van der Waals surface area contributed by atoms with Crippen molar-refractivity contribution in [3.63, 3.8) is 0 Å². The number of aromatic nitrogens is 2. The summed E-state index contributed by atoms with van der Waals surface area (Å²) in [5.41, 5.74) is 2.59. The first-order valence-electron chi connectivity index (χ1n) is 10.6. The van der Waals surface area contributed by atoms with Crippen LogP contribution in [-0.4, -0.2) is 33.4 Å². The van der Waals surface area contributed by atoms with Crippen molar-refractivity contribution in [1.29, 1.82) is 0 Å². The first-order chi connectivity index (χ1) is 15.2. The SMILES string of the molecule is O=C(c1ccncc1)N1C[C@H]2C[C@H](C1)c1ccc(-c3cc4ccccc4s3)c(=O)n1C2. The Balaban J connectivity index is 1.34. The number of pyridine rings is 2. The lowest BCUT2D eigenvalue weighted by Gasteiger charge is -2.43. The number of rotatable bonds is 2. The molecule has 6 rings (SSSR count). The van der Waals surface area contributed by atoms with Gasteiger partial charge in [0, 0.05) is 58.8 Å². The minimum absolute atomic E-state index is 0.0507. The summed E-state index contributed by atoms with van der Waals surface area (Å²) in [7, 11) is 0. The van der Waals surface area contributed by atoms with Crippen LogP contribution in [-0.2, 0) is 6.54 Å². The summed E-state index contributed by atoms with van der Waals surface area (Å²) in [6.45, 7) is 2.01. The van der Waals surface area contributed by atoms with Gasteiger partial charge in [-0.3, -0.25) is 14.6 Å². The quantitative estimate of drug-likeness (QED) is 0.477. The molecule has 0 saturated carbocycles. The number of likely N-dealkylation sites (tertiary alicyclic amines) is 1. The Morgan fingerprint density at radius 3 is 2.68 bits per heavy atom. The van der Waals surface area contributed by atoms with Gasteiger partial charge in [-0.25, -0.2) is 0 Å². The summed E-state index contributed by atoms with van der Waals surface area (Å²) >= 11 is 1.67. The molecule has 0 unspecified atom stereocenters. The van der Waals surface area contributed by atoms with E-state index in [1.807, 2.05) is 27.7 Å². The largest absolute Gasteiger partial charge is 0.338 e. The van der Waals surface area contributed by atoms with Crippen LogP contribution in [0.15, 0.2) is 71.8 Å². The minimum Gasteiger partial charge on any atom is -0.338 e. The van der Waals surface area contributed by atoms with Crippen LogP contribution in [0, 0.1) is 5.92 Å². The molecule has 0 aliphatic carbocycles. The van der Waals surface area contributed by atoms with Crippen LogP contribution in [0.3, 0.4) is 0 Å². The molecular formula is C25H21N3O2S. The fourth-order valence-corrected chi connectivity index (χ4v) is 6.17. The predicted octanol–water partition coefficient (Wildman–Crippen LogP) is 4.38. The number of hydrogen-bond acceptors (Lipinski definition) is 4. The highest BCUT2D eigenvalue weighted by molar-refractivity contribution is 7.22. The van der Waals surface area contributed by atoms with Gasteiger partial charge >= 0.3 is 0 Å². The second kappa shape index (κ2) is 7.17. The van der Waals surface area contributed by atoms with Gasteiger partial charge in [-0.05, 0) is 54.1 Å². The van der Waals surface area contributed by atoms with Crippen LogP contribution in [0.2, 0.25) is 0 Å². The molecule has 31 heavy (non-hydrogen) atoms. The van der Waals surface area contributed by atoms with E-state index in [0.717, 1.165) is 22.6 Å². The molecule has 0 spiro atoms. The third kappa shape index (κ3) is 3.10. The maximum absolute atomic E-state index is 13.4. The highest BCUT2D eigenvalue weighted by Gasteiger charge is 2.37. The van der Waals surface area contributed by atoms with Crippen LogP contribution in [0.1, 0.15) is 28.4 Å². The summed E-state index contributed by atoms with van der Waals surface area (Å²) in [6.07, 6.45) is 4.34. The van der Waals surface area contributed by atoms with Crippen molar-refractivity contribution in [2.24, 2.45) is 5.92 Å². The van der Waals surface area contributed by atoms with Crippen LogP contribution < -0.4 is 5.56 Å².